The summed E-state index contributed by atoms with van der Waals surface area (Å²) >= 11 is 5.99. The highest BCUT2D eigenvalue weighted by Crippen LogP contribution is 2.21. The number of esters is 1. The summed E-state index contributed by atoms with van der Waals surface area (Å²) < 4.78 is 10.7. The first kappa shape index (κ1) is 24.0. The highest BCUT2D eigenvalue weighted by molar-refractivity contribution is 6.31. The average molecular weight is 439 g/mol. The van der Waals surface area contributed by atoms with E-state index >= 15 is 0 Å². The van der Waals surface area contributed by atoms with Gasteiger partial charge in [0.1, 0.15) is 5.75 Å². The Bertz CT molecular complexity index is 755. The van der Waals surface area contributed by atoms with Gasteiger partial charge in [0.2, 0.25) is 11.8 Å². The molecular weight excluding hydrogens is 408 g/mol. The lowest BCUT2D eigenvalue weighted by molar-refractivity contribution is -0.152. The van der Waals surface area contributed by atoms with Crippen molar-refractivity contribution in [1.29, 1.82) is 0 Å². The topological polar surface area (TPSA) is 76.2 Å². The minimum atomic E-state index is -0.280. The van der Waals surface area contributed by atoms with Crippen molar-refractivity contribution in [2.24, 2.45) is 5.92 Å². The fraction of sp³-hybridized carbons (Fsp3) is 0.591. The van der Waals surface area contributed by atoms with Crippen LogP contribution in [-0.2, 0) is 19.1 Å². The number of likely N-dealkylation sites (N-methyl/N-ethyl adjacent to an activating group) is 1. The van der Waals surface area contributed by atoms with Crippen LogP contribution in [0.2, 0.25) is 5.02 Å². The van der Waals surface area contributed by atoms with Gasteiger partial charge in [0.25, 0.3) is 0 Å². The molecule has 0 spiro atoms. The minimum Gasteiger partial charge on any atom is -0.494 e. The molecule has 30 heavy (non-hydrogen) atoms. The summed E-state index contributed by atoms with van der Waals surface area (Å²) in [5.41, 5.74) is 0.936. The van der Waals surface area contributed by atoms with Crippen molar-refractivity contribution in [2.45, 2.75) is 39.5 Å². The van der Waals surface area contributed by atoms with E-state index in [2.05, 4.69) is 0 Å². The second-order valence-corrected chi connectivity index (χ2v) is 7.95. The maximum absolute atomic E-state index is 12.6. The molecule has 1 aromatic carbocycles. The molecule has 2 rings (SSSR count). The van der Waals surface area contributed by atoms with Crippen LogP contribution in [0.15, 0.2) is 18.2 Å². The summed E-state index contributed by atoms with van der Waals surface area (Å²) in [7, 11) is 1.62. The molecule has 0 N–H and O–H groups in total. The molecule has 0 aliphatic carbocycles. The van der Waals surface area contributed by atoms with Crippen molar-refractivity contribution >= 4 is 29.4 Å². The van der Waals surface area contributed by atoms with Crippen molar-refractivity contribution in [1.82, 2.24) is 9.80 Å². The van der Waals surface area contributed by atoms with E-state index in [1.165, 1.54) is 4.90 Å². The van der Waals surface area contributed by atoms with Gasteiger partial charge in [-0.3, -0.25) is 14.4 Å². The standard InChI is InChI=1S/C22H31ClN2O5/c1-4-29-22(28)17-7-5-11-25(14-17)21(27)15-24(3)20(26)8-6-12-30-18-9-10-19(23)16(2)13-18/h9-10,13,17H,4-8,11-12,14-15H2,1-3H3. The van der Waals surface area contributed by atoms with Gasteiger partial charge in [-0.15, -0.1) is 0 Å². The Morgan fingerprint density at radius 1 is 1.30 bits per heavy atom. The summed E-state index contributed by atoms with van der Waals surface area (Å²) in [5.74, 6) is -0.0762. The van der Waals surface area contributed by atoms with Crippen molar-refractivity contribution in [3.63, 3.8) is 0 Å². The predicted molar refractivity (Wildman–Crippen MR) is 114 cm³/mol. The zero-order valence-electron chi connectivity index (χ0n) is 18.0. The number of hydrogen-bond acceptors (Lipinski definition) is 5. The van der Waals surface area contributed by atoms with E-state index in [-0.39, 0.29) is 30.2 Å². The molecule has 8 heteroatoms. The zero-order chi connectivity index (χ0) is 22.1. The number of hydrogen-bond donors (Lipinski definition) is 0. The van der Waals surface area contributed by atoms with Gasteiger partial charge in [-0.05, 0) is 56.9 Å². The molecule has 1 fully saturated rings. The number of ether oxygens (including phenoxy) is 2. The first-order valence-electron chi connectivity index (χ1n) is 10.4. The van der Waals surface area contributed by atoms with Crippen molar-refractivity contribution in [3.8, 4) is 5.75 Å². The molecular formula is C22H31ClN2O5. The van der Waals surface area contributed by atoms with Crippen LogP contribution in [0.3, 0.4) is 0 Å². The monoisotopic (exact) mass is 438 g/mol. The maximum atomic E-state index is 12.6. The molecule has 0 bridgehead atoms. The number of amides is 2. The van der Waals surface area contributed by atoms with Gasteiger partial charge in [0, 0.05) is 31.6 Å². The average Bonchev–Trinajstić information content (AvgIpc) is 2.73. The number of benzene rings is 1. The summed E-state index contributed by atoms with van der Waals surface area (Å²) in [5, 5.41) is 0.686. The summed E-state index contributed by atoms with van der Waals surface area (Å²) in [6, 6.07) is 5.44. The highest BCUT2D eigenvalue weighted by atomic mass is 35.5. The Morgan fingerprint density at radius 2 is 2.07 bits per heavy atom. The number of carbonyl (C=O) groups excluding carboxylic acids is 3. The lowest BCUT2D eigenvalue weighted by Crippen LogP contribution is -2.47. The minimum absolute atomic E-state index is 0.00557. The number of piperidine rings is 1. The van der Waals surface area contributed by atoms with Crippen molar-refractivity contribution in [2.75, 3.05) is 39.9 Å². The van der Waals surface area contributed by atoms with E-state index in [1.807, 2.05) is 13.0 Å². The molecule has 1 saturated heterocycles. The quantitative estimate of drug-likeness (QED) is 0.437. The Morgan fingerprint density at radius 3 is 2.77 bits per heavy atom. The second kappa shape index (κ2) is 11.8. The third-order valence-corrected chi connectivity index (χ3v) is 5.55. The van der Waals surface area contributed by atoms with Gasteiger partial charge in [-0.25, -0.2) is 0 Å². The van der Waals surface area contributed by atoms with Crippen LogP contribution in [0.1, 0.15) is 38.2 Å². The van der Waals surface area contributed by atoms with Gasteiger partial charge in [-0.2, -0.15) is 0 Å². The van der Waals surface area contributed by atoms with E-state index < -0.39 is 0 Å². The normalized spacial score (nSPS) is 16.1. The summed E-state index contributed by atoms with van der Waals surface area (Å²) in [6.07, 6.45) is 2.33. The van der Waals surface area contributed by atoms with Gasteiger partial charge in [0.05, 0.1) is 25.7 Å². The largest absolute Gasteiger partial charge is 0.494 e. The third kappa shape index (κ3) is 7.20. The molecule has 0 aromatic heterocycles. The van der Waals surface area contributed by atoms with Gasteiger partial charge in [-0.1, -0.05) is 11.6 Å². The van der Waals surface area contributed by atoms with Crippen LogP contribution in [0.25, 0.3) is 0 Å². The predicted octanol–water partition coefficient (Wildman–Crippen LogP) is 3.07. The fourth-order valence-corrected chi connectivity index (χ4v) is 3.48. The smallest absolute Gasteiger partial charge is 0.310 e. The van der Waals surface area contributed by atoms with E-state index in [4.69, 9.17) is 21.1 Å². The van der Waals surface area contributed by atoms with Gasteiger partial charge in [0.15, 0.2) is 0 Å². The molecule has 7 nitrogen and oxygen atoms in total. The van der Waals surface area contributed by atoms with E-state index in [0.717, 1.165) is 18.4 Å². The molecule has 1 atom stereocenters. The van der Waals surface area contributed by atoms with Crippen LogP contribution in [0.4, 0.5) is 0 Å². The number of nitrogens with zero attached hydrogens (tertiary/aromatic N) is 2. The lowest BCUT2D eigenvalue weighted by Gasteiger charge is -2.32. The molecule has 1 aromatic rings. The van der Waals surface area contributed by atoms with Gasteiger partial charge < -0.3 is 19.3 Å². The lowest BCUT2D eigenvalue weighted by atomic mass is 9.98. The number of rotatable bonds is 9. The van der Waals surface area contributed by atoms with Crippen LogP contribution in [-0.4, -0.2) is 67.5 Å². The maximum Gasteiger partial charge on any atom is 0.310 e. The molecule has 0 saturated carbocycles. The molecule has 1 unspecified atom stereocenters. The molecule has 166 valence electrons. The SMILES string of the molecule is CCOC(=O)C1CCCN(C(=O)CN(C)C(=O)CCCOc2ccc(Cl)c(C)c2)C1. The van der Waals surface area contributed by atoms with E-state index in [9.17, 15) is 14.4 Å². The highest BCUT2D eigenvalue weighted by Gasteiger charge is 2.30. The fourth-order valence-electron chi connectivity index (χ4n) is 3.36. The molecule has 0 radical (unpaired) electrons. The molecule has 1 aliphatic rings. The van der Waals surface area contributed by atoms with Crippen LogP contribution in [0.5, 0.6) is 5.75 Å². The number of halogens is 1. The first-order valence-corrected chi connectivity index (χ1v) is 10.8. The Hall–Kier alpha value is -2.28. The van der Waals surface area contributed by atoms with Crippen LogP contribution < -0.4 is 4.74 Å². The summed E-state index contributed by atoms with van der Waals surface area (Å²) in [6.45, 7) is 5.38. The van der Waals surface area contributed by atoms with E-state index in [1.54, 1.807) is 31.0 Å². The Kier molecular flexibility index (Phi) is 9.43. The third-order valence-electron chi connectivity index (χ3n) is 5.13. The first-order chi connectivity index (χ1) is 14.3. The van der Waals surface area contributed by atoms with Crippen LogP contribution >= 0.6 is 11.6 Å². The van der Waals surface area contributed by atoms with E-state index in [0.29, 0.717) is 49.9 Å². The number of aryl methyl sites for hydroxylation is 1. The number of likely N-dealkylation sites (tertiary alicyclic amines) is 1. The Balaban J connectivity index is 1.71. The second-order valence-electron chi connectivity index (χ2n) is 7.54. The summed E-state index contributed by atoms with van der Waals surface area (Å²) in [4.78, 5) is 39.9. The van der Waals surface area contributed by atoms with Gasteiger partial charge >= 0.3 is 5.97 Å². The molecule has 2 amide bonds. The zero-order valence-corrected chi connectivity index (χ0v) is 18.7. The van der Waals surface area contributed by atoms with Crippen LogP contribution in [0, 0.1) is 12.8 Å². The molecule has 1 heterocycles. The van der Waals surface area contributed by atoms with Crippen molar-refractivity contribution in [3.05, 3.63) is 28.8 Å². The Labute approximate surface area is 183 Å². The molecule has 1 aliphatic heterocycles. The number of carbonyl (C=O) groups is 3. The van der Waals surface area contributed by atoms with Crippen molar-refractivity contribution < 1.29 is 23.9 Å².